The number of piperazine rings is 1. The van der Waals surface area contributed by atoms with Gasteiger partial charge < -0.3 is 9.47 Å². The molecule has 2 aliphatic carbocycles. The number of carbonyl (C=O) groups excluding carboxylic acids is 1. The molecule has 1 spiro atoms. The van der Waals surface area contributed by atoms with Crippen molar-refractivity contribution in [2.24, 2.45) is 23.2 Å². The summed E-state index contributed by atoms with van der Waals surface area (Å²) in [6.45, 7) is 8.19. The van der Waals surface area contributed by atoms with E-state index in [-0.39, 0.29) is 35.0 Å². The summed E-state index contributed by atoms with van der Waals surface area (Å²) >= 11 is 0. The monoisotopic (exact) mass is 500 g/mol. The van der Waals surface area contributed by atoms with Gasteiger partial charge in [0.15, 0.2) is 0 Å². The Morgan fingerprint density at radius 2 is 1.59 bits per heavy atom. The zero-order valence-corrected chi connectivity index (χ0v) is 22.1. The van der Waals surface area contributed by atoms with Gasteiger partial charge in [0.2, 0.25) is 0 Å². The Morgan fingerprint density at radius 3 is 2.22 bits per heavy atom. The molecule has 196 valence electrons. The highest BCUT2D eigenvalue weighted by atomic mass is 16.6. The maximum Gasteiger partial charge on any atom is 0.310 e. The van der Waals surface area contributed by atoms with Gasteiger partial charge in [0.05, 0.1) is 24.2 Å². The number of hydrogen-bond acceptors (Lipinski definition) is 5. The van der Waals surface area contributed by atoms with Gasteiger partial charge in [0.25, 0.3) is 0 Å². The second-order valence-electron chi connectivity index (χ2n) is 12.7. The lowest BCUT2D eigenvalue weighted by Gasteiger charge is -2.51. The van der Waals surface area contributed by atoms with Crippen molar-refractivity contribution in [3.63, 3.8) is 0 Å². The second kappa shape index (κ2) is 9.21. The third kappa shape index (κ3) is 4.24. The topological polar surface area (TPSA) is 45.3 Å². The number of nitrogens with zero attached hydrogens (tertiary/aromatic N) is 2. The lowest BCUT2D eigenvalue weighted by atomic mass is 9.53. The van der Waals surface area contributed by atoms with E-state index in [9.17, 15) is 4.79 Å². The Bertz CT molecular complexity index is 1070. The van der Waals surface area contributed by atoms with Gasteiger partial charge in [-0.2, -0.15) is 0 Å². The van der Waals surface area contributed by atoms with Crippen molar-refractivity contribution < 1.29 is 14.3 Å². The zero-order valence-electron chi connectivity index (χ0n) is 22.1. The van der Waals surface area contributed by atoms with Crippen LogP contribution in [0.15, 0.2) is 60.7 Å². The highest BCUT2D eigenvalue weighted by molar-refractivity contribution is 5.75. The predicted molar refractivity (Wildman–Crippen MR) is 143 cm³/mol. The first kappa shape index (κ1) is 23.9. The van der Waals surface area contributed by atoms with E-state index < -0.39 is 0 Å². The SMILES string of the molecule is CC12CCCC3(CO3)C1CC1C(C2)OC(=O)C1CN1CCN(C(c2ccccc2)c2ccccc2)CC1. The molecule has 5 aliphatic rings. The molecule has 2 saturated carbocycles. The molecule has 5 fully saturated rings. The standard InChI is InChI=1S/C32H40N2O3/c1-31-13-8-14-32(22-36-32)28(31)19-25-26(30(35)37-27(25)20-31)21-33-15-17-34(18-16-33)29(23-9-4-2-5-10-23)24-11-6-3-7-12-24/h2-7,9-12,25-29H,8,13-22H2,1H3. The average Bonchev–Trinajstić information content (AvgIpc) is 3.62. The summed E-state index contributed by atoms with van der Waals surface area (Å²) in [5.41, 5.74) is 3.07. The Morgan fingerprint density at radius 1 is 0.946 bits per heavy atom. The molecule has 2 aromatic rings. The summed E-state index contributed by atoms with van der Waals surface area (Å²) in [7, 11) is 0. The molecule has 2 aromatic carbocycles. The highest BCUT2D eigenvalue weighted by Crippen LogP contribution is 2.62. The maximum atomic E-state index is 13.2. The van der Waals surface area contributed by atoms with Crippen molar-refractivity contribution in [2.45, 2.75) is 56.8 Å². The number of epoxide rings is 1. The number of fused-ring (bicyclic) bond motifs is 3. The largest absolute Gasteiger partial charge is 0.462 e. The molecule has 5 nitrogen and oxygen atoms in total. The van der Waals surface area contributed by atoms with Gasteiger partial charge in [-0.1, -0.05) is 67.6 Å². The van der Waals surface area contributed by atoms with Crippen molar-refractivity contribution in [3.8, 4) is 0 Å². The molecule has 37 heavy (non-hydrogen) atoms. The Labute approximate surface area is 221 Å². The van der Waals surface area contributed by atoms with Crippen LogP contribution >= 0.6 is 0 Å². The minimum absolute atomic E-state index is 0.0119. The molecule has 5 heteroatoms. The van der Waals surface area contributed by atoms with Crippen LogP contribution in [0, 0.1) is 23.2 Å². The van der Waals surface area contributed by atoms with Crippen LogP contribution in [0.5, 0.6) is 0 Å². The Hall–Kier alpha value is -2.21. The molecular formula is C32H40N2O3. The molecular weight excluding hydrogens is 460 g/mol. The van der Waals surface area contributed by atoms with E-state index in [1.165, 1.54) is 30.4 Å². The van der Waals surface area contributed by atoms with E-state index in [2.05, 4.69) is 77.4 Å². The molecule has 3 heterocycles. The van der Waals surface area contributed by atoms with Crippen molar-refractivity contribution in [3.05, 3.63) is 71.8 Å². The summed E-state index contributed by atoms with van der Waals surface area (Å²) in [6.07, 6.45) is 5.94. The fourth-order valence-corrected chi connectivity index (χ4v) is 8.53. The number of carbonyl (C=O) groups is 1. The molecule has 0 bridgehead atoms. The van der Waals surface area contributed by atoms with E-state index in [1.807, 2.05) is 0 Å². The number of esters is 1. The van der Waals surface area contributed by atoms with E-state index >= 15 is 0 Å². The van der Waals surface area contributed by atoms with E-state index in [1.54, 1.807) is 0 Å². The molecule has 3 aliphatic heterocycles. The smallest absolute Gasteiger partial charge is 0.310 e. The Kier molecular flexibility index (Phi) is 5.95. The zero-order chi connectivity index (χ0) is 25.0. The third-order valence-electron chi connectivity index (χ3n) is 10.5. The highest BCUT2D eigenvalue weighted by Gasteiger charge is 2.65. The van der Waals surface area contributed by atoms with Crippen LogP contribution in [0.25, 0.3) is 0 Å². The quantitative estimate of drug-likeness (QED) is 0.431. The van der Waals surface area contributed by atoms with E-state index in [4.69, 9.17) is 9.47 Å². The van der Waals surface area contributed by atoms with Gasteiger partial charge in [-0.15, -0.1) is 0 Å². The van der Waals surface area contributed by atoms with Crippen LogP contribution in [0.2, 0.25) is 0 Å². The molecule has 6 unspecified atom stereocenters. The molecule has 0 aromatic heterocycles. The fourth-order valence-electron chi connectivity index (χ4n) is 8.53. The van der Waals surface area contributed by atoms with Crippen molar-refractivity contribution in [1.29, 1.82) is 0 Å². The number of hydrogen-bond donors (Lipinski definition) is 0. The summed E-state index contributed by atoms with van der Waals surface area (Å²) in [5.74, 6) is 1.00. The van der Waals surface area contributed by atoms with Crippen molar-refractivity contribution in [2.75, 3.05) is 39.3 Å². The van der Waals surface area contributed by atoms with E-state index in [0.29, 0.717) is 11.8 Å². The van der Waals surface area contributed by atoms with Crippen LogP contribution in [0.3, 0.4) is 0 Å². The van der Waals surface area contributed by atoms with Crippen LogP contribution in [-0.4, -0.2) is 66.8 Å². The summed E-state index contributed by atoms with van der Waals surface area (Å²) < 4.78 is 12.2. The van der Waals surface area contributed by atoms with Gasteiger partial charge in [-0.3, -0.25) is 14.6 Å². The third-order valence-corrected chi connectivity index (χ3v) is 10.5. The number of rotatable bonds is 5. The lowest BCUT2D eigenvalue weighted by Crippen LogP contribution is -2.52. The van der Waals surface area contributed by atoms with Gasteiger partial charge in [-0.05, 0) is 54.6 Å². The fraction of sp³-hybridized carbons (Fsp3) is 0.594. The number of ether oxygens (including phenoxy) is 2. The normalized spacial score (nSPS) is 37.8. The second-order valence-corrected chi connectivity index (χ2v) is 12.7. The molecule has 0 amide bonds. The average molecular weight is 501 g/mol. The van der Waals surface area contributed by atoms with Crippen LogP contribution in [0.1, 0.15) is 56.2 Å². The van der Waals surface area contributed by atoms with Crippen molar-refractivity contribution >= 4 is 5.97 Å². The maximum absolute atomic E-state index is 13.2. The van der Waals surface area contributed by atoms with Gasteiger partial charge in [-0.25, -0.2) is 0 Å². The molecule has 3 saturated heterocycles. The van der Waals surface area contributed by atoms with Crippen molar-refractivity contribution in [1.82, 2.24) is 9.80 Å². The van der Waals surface area contributed by atoms with Gasteiger partial charge >= 0.3 is 5.97 Å². The first-order chi connectivity index (χ1) is 18.0. The summed E-state index contributed by atoms with van der Waals surface area (Å²) in [6, 6.07) is 22.0. The minimum atomic E-state index is 0.0119. The van der Waals surface area contributed by atoms with Crippen LogP contribution < -0.4 is 0 Å². The first-order valence-corrected chi connectivity index (χ1v) is 14.5. The predicted octanol–water partition coefficient (Wildman–Crippen LogP) is 4.92. The molecule has 0 N–H and O–H groups in total. The van der Waals surface area contributed by atoms with Gasteiger partial charge in [0.1, 0.15) is 6.10 Å². The molecule has 6 atom stereocenters. The number of benzene rings is 2. The summed E-state index contributed by atoms with van der Waals surface area (Å²) in [5, 5.41) is 0. The van der Waals surface area contributed by atoms with E-state index in [0.717, 1.165) is 52.2 Å². The van der Waals surface area contributed by atoms with Crippen LogP contribution in [-0.2, 0) is 14.3 Å². The first-order valence-electron chi connectivity index (χ1n) is 14.5. The van der Waals surface area contributed by atoms with Gasteiger partial charge in [0, 0.05) is 38.6 Å². The Balaban J connectivity index is 1.03. The summed E-state index contributed by atoms with van der Waals surface area (Å²) in [4.78, 5) is 18.3. The molecule has 7 rings (SSSR count). The lowest BCUT2D eigenvalue weighted by molar-refractivity contribution is -0.147. The minimum Gasteiger partial charge on any atom is -0.462 e. The molecule has 0 radical (unpaired) electrons. The van der Waals surface area contributed by atoms with Crippen LogP contribution in [0.4, 0.5) is 0 Å².